The van der Waals surface area contributed by atoms with Gasteiger partial charge in [-0.1, -0.05) is 35.9 Å². The molecule has 0 aliphatic rings. The van der Waals surface area contributed by atoms with Crippen molar-refractivity contribution < 1.29 is 14.6 Å². The van der Waals surface area contributed by atoms with E-state index in [1.54, 1.807) is 0 Å². The highest BCUT2D eigenvalue weighted by Crippen LogP contribution is 2.29. The average molecular weight is 329 g/mol. The first-order valence-corrected chi connectivity index (χ1v) is 8.48. The summed E-state index contributed by atoms with van der Waals surface area (Å²) in [5.74, 6) is 1.53. The molecule has 2 aromatic carbocycles. The van der Waals surface area contributed by atoms with Crippen molar-refractivity contribution in [3.05, 3.63) is 59.2 Å². The number of rotatable bonds is 10. The molecule has 0 aliphatic heterocycles. The third kappa shape index (κ3) is 5.87. The summed E-state index contributed by atoms with van der Waals surface area (Å²) in [4.78, 5) is 0. The van der Waals surface area contributed by atoms with E-state index in [-0.39, 0.29) is 6.61 Å². The first-order valence-electron chi connectivity index (χ1n) is 8.48. The lowest BCUT2D eigenvalue weighted by molar-refractivity contribution is 0.269. The molecule has 4 nitrogen and oxygen atoms in total. The van der Waals surface area contributed by atoms with E-state index in [1.807, 2.05) is 25.1 Å². The van der Waals surface area contributed by atoms with Crippen molar-refractivity contribution in [2.75, 3.05) is 19.8 Å². The fourth-order valence-corrected chi connectivity index (χ4v) is 2.33. The summed E-state index contributed by atoms with van der Waals surface area (Å²) in [5, 5.41) is 12.1. The van der Waals surface area contributed by atoms with E-state index in [4.69, 9.17) is 14.6 Å². The molecule has 0 amide bonds. The predicted octanol–water partition coefficient (Wildman–Crippen LogP) is 3.44. The number of hydrogen-bond acceptors (Lipinski definition) is 4. The van der Waals surface area contributed by atoms with Gasteiger partial charge in [-0.25, -0.2) is 0 Å². The predicted molar refractivity (Wildman–Crippen MR) is 96.5 cm³/mol. The van der Waals surface area contributed by atoms with Gasteiger partial charge < -0.3 is 19.9 Å². The molecule has 0 fully saturated rings. The average Bonchev–Trinajstić information content (AvgIpc) is 2.60. The van der Waals surface area contributed by atoms with Crippen LogP contribution in [0.2, 0.25) is 0 Å². The van der Waals surface area contributed by atoms with E-state index in [0.717, 1.165) is 42.1 Å². The van der Waals surface area contributed by atoms with Gasteiger partial charge in [-0.15, -0.1) is 0 Å². The molecule has 130 valence electrons. The summed E-state index contributed by atoms with van der Waals surface area (Å²) in [6.45, 7) is 6.92. The van der Waals surface area contributed by atoms with Crippen LogP contribution in [0.1, 0.15) is 30.0 Å². The molecule has 0 radical (unpaired) electrons. The van der Waals surface area contributed by atoms with Gasteiger partial charge in [-0.2, -0.15) is 0 Å². The largest absolute Gasteiger partial charge is 0.490 e. The highest BCUT2D eigenvalue weighted by molar-refractivity contribution is 5.43. The Kier molecular flexibility index (Phi) is 7.59. The number of aryl methyl sites for hydroxylation is 1. The number of hydrogen-bond donors (Lipinski definition) is 2. The summed E-state index contributed by atoms with van der Waals surface area (Å²) in [6.07, 6.45) is 0.760. The van der Waals surface area contributed by atoms with Gasteiger partial charge in [0.15, 0.2) is 11.5 Å². The molecule has 0 saturated carbocycles. The van der Waals surface area contributed by atoms with Gasteiger partial charge in [-0.3, -0.25) is 0 Å². The van der Waals surface area contributed by atoms with E-state index < -0.39 is 0 Å². The SMILES string of the molecule is CCOc1cc(CNCCCO)ccc1OCc1ccc(C)cc1. The first-order chi connectivity index (χ1) is 11.7. The maximum absolute atomic E-state index is 8.81. The van der Waals surface area contributed by atoms with Crippen LogP contribution in [0.15, 0.2) is 42.5 Å². The highest BCUT2D eigenvalue weighted by Gasteiger charge is 2.07. The van der Waals surface area contributed by atoms with Crippen LogP contribution >= 0.6 is 0 Å². The third-order valence-corrected chi connectivity index (χ3v) is 3.66. The molecule has 0 unspecified atom stereocenters. The molecule has 4 heteroatoms. The van der Waals surface area contributed by atoms with Crippen LogP contribution in [-0.2, 0) is 13.2 Å². The van der Waals surface area contributed by atoms with Crippen LogP contribution in [0.3, 0.4) is 0 Å². The number of aliphatic hydroxyl groups excluding tert-OH is 1. The molecule has 0 aromatic heterocycles. The monoisotopic (exact) mass is 329 g/mol. The summed E-state index contributed by atoms with van der Waals surface area (Å²) < 4.78 is 11.7. The summed E-state index contributed by atoms with van der Waals surface area (Å²) in [5.41, 5.74) is 3.52. The van der Waals surface area contributed by atoms with E-state index in [1.165, 1.54) is 5.56 Å². The Labute approximate surface area is 144 Å². The Morgan fingerprint density at radius 3 is 2.42 bits per heavy atom. The minimum atomic E-state index is 0.211. The van der Waals surface area contributed by atoms with Gasteiger partial charge in [0, 0.05) is 13.2 Å². The molecule has 0 saturated heterocycles. The van der Waals surface area contributed by atoms with Crippen LogP contribution in [-0.4, -0.2) is 24.9 Å². The molecular formula is C20H27NO3. The minimum Gasteiger partial charge on any atom is -0.490 e. The summed E-state index contributed by atoms with van der Waals surface area (Å²) in [6, 6.07) is 14.3. The molecule has 2 N–H and O–H groups in total. The Bertz CT molecular complexity index is 611. The topological polar surface area (TPSA) is 50.7 Å². The Hall–Kier alpha value is -2.04. The van der Waals surface area contributed by atoms with Crippen molar-refractivity contribution in [1.82, 2.24) is 5.32 Å². The molecule has 0 spiro atoms. The smallest absolute Gasteiger partial charge is 0.161 e. The van der Waals surface area contributed by atoms with Crippen LogP contribution in [0.5, 0.6) is 11.5 Å². The van der Waals surface area contributed by atoms with Gasteiger partial charge >= 0.3 is 0 Å². The van der Waals surface area contributed by atoms with Crippen molar-refractivity contribution in [3.8, 4) is 11.5 Å². The molecule has 0 aliphatic carbocycles. The van der Waals surface area contributed by atoms with Crippen molar-refractivity contribution in [3.63, 3.8) is 0 Å². The zero-order chi connectivity index (χ0) is 17.2. The fourth-order valence-electron chi connectivity index (χ4n) is 2.33. The molecule has 0 bridgehead atoms. The molecular weight excluding hydrogens is 302 g/mol. The second kappa shape index (κ2) is 9.96. The number of aliphatic hydroxyl groups is 1. The van der Waals surface area contributed by atoms with Crippen molar-refractivity contribution >= 4 is 0 Å². The van der Waals surface area contributed by atoms with Gasteiger partial charge in [0.2, 0.25) is 0 Å². The van der Waals surface area contributed by atoms with E-state index in [2.05, 4.69) is 36.5 Å². The van der Waals surface area contributed by atoms with Crippen LogP contribution in [0.25, 0.3) is 0 Å². The number of ether oxygens (including phenoxy) is 2. The summed E-state index contributed by atoms with van der Waals surface area (Å²) >= 11 is 0. The molecule has 0 heterocycles. The van der Waals surface area contributed by atoms with E-state index in [0.29, 0.717) is 13.2 Å². The van der Waals surface area contributed by atoms with E-state index >= 15 is 0 Å². The Morgan fingerprint density at radius 2 is 1.71 bits per heavy atom. The molecule has 0 atom stereocenters. The van der Waals surface area contributed by atoms with E-state index in [9.17, 15) is 0 Å². The maximum Gasteiger partial charge on any atom is 0.161 e. The highest BCUT2D eigenvalue weighted by atomic mass is 16.5. The van der Waals surface area contributed by atoms with Gasteiger partial charge in [0.1, 0.15) is 6.61 Å². The second-order valence-corrected chi connectivity index (χ2v) is 5.74. The number of nitrogens with one attached hydrogen (secondary N) is 1. The Balaban J connectivity index is 1.98. The lowest BCUT2D eigenvalue weighted by atomic mass is 10.1. The zero-order valence-corrected chi connectivity index (χ0v) is 14.5. The summed E-state index contributed by atoms with van der Waals surface area (Å²) in [7, 11) is 0. The zero-order valence-electron chi connectivity index (χ0n) is 14.5. The Morgan fingerprint density at radius 1 is 0.958 bits per heavy atom. The normalized spacial score (nSPS) is 10.6. The second-order valence-electron chi connectivity index (χ2n) is 5.74. The molecule has 2 rings (SSSR count). The van der Waals surface area contributed by atoms with Crippen LogP contribution in [0, 0.1) is 6.92 Å². The minimum absolute atomic E-state index is 0.211. The first kappa shape index (κ1) is 18.3. The van der Waals surface area contributed by atoms with Crippen molar-refractivity contribution in [2.24, 2.45) is 0 Å². The quantitative estimate of drug-likeness (QED) is 0.656. The number of benzene rings is 2. The van der Waals surface area contributed by atoms with Crippen LogP contribution < -0.4 is 14.8 Å². The van der Waals surface area contributed by atoms with Crippen LogP contribution in [0.4, 0.5) is 0 Å². The van der Waals surface area contributed by atoms with Gasteiger partial charge in [0.05, 0.1) is 6.61 Å². The maximum atomic E-state index is 8.81. The molecule has 24 heavy (non-hydrogen) atoms. The van der Waals surface area contributed by atoms with Gasteiger partial charge in [-0.05, 0) is 50.1 Å². The van der Waals surface area contributed by atoms with Crippen molar-refractivity contribution in [1.29, 1.82) is 0 Å². The third-order valence-electron chi connectivity index (χ3n) is 3.66. The lowest BCUT2D eigenvalue weighted by Gasteiger charge is -2.14. The molecule has 2 aromatic rings. The van der Waals surface area contributed by atoms with Crippen molar-refractivity contribution in [2.45, 2.75) is 33.4 Å². The lowest BCUT2D eigenvalue weighted by Crippen LogP contribution is -2.15. The standard InChI is InChI=1S/C20H27NO3/c1-3-23-20-13-18(14-21-11-4-12-22)9-10-19(20)24-15-17-7-5-16(2)6-8-17/h5-10,13,21-22H,3-4,11-12,14-15H2,1-2H3. The van der Waals surface area contributed by atoms with Gasteiger partial charge in [0.25, 0.3) is 0 Å². The fraction of sp³-hybridized carbons (Fsp3) is 0.400.